The molecule has 0 fully saturated rings. The summed E-state index contributed by atoms with van der Waals surface area (Å²) in [5, 5.41) is 10.4. The van der Waals surface area contributed by atoms with Gasteiger partial charge in [-0.2, -0.15) is 0 Å². The number of H-pyrrole nitrogens is 1. The Kier molecular flexibility index (Phi) is 7.08. The maximum atomic E-state index is 12.7. The molecule has 2 heterocycles. The minimum atomic E-state index is -0.413. The zero-order chi connectivity index (χ0) is 24.1. The van der Waals surface area contributed by atoms with Gasteiger partial charge in [0.15, 0.2) is 0 Å². The smallest absolute Gasteiger partial charge is 0.326 e. The fourth-order valence-electron chi connectivity index (χ4n) is 3.62. The molecule has 174 valence electrons. The first-order valence-electron chi connectivity index (χ1n) is 10.9. The number of para-hydroxylation sites is 1. The standard InChI is InChI=1S/C25H26ClN7O/c1-15-6-4-5-7-21(15)31-25(34)33-23(32-24-29-16(2)12-17(3)30-24)27-11-10-18-14-28-22-9-8-19(26)13-20(18)22/h4-9,12-14,28H,10-11H2,1-3H3,(H3,27,29,30,31,32,33,34). The van der Waals surface area contributed by atoms with E-state index in [0.29, 0.717) is 23.9 Å². The molecule has 2 aromatic heterocycles. The summed E-state index contributed by atoms with van der Waals surface area (Å²) in [7, 11) is 0. The molecule has 2 aromatic carbocycles. The Morgan fingerprint density at radius 3 is 2.56 bits per heavy atom. The molecule has 9 heteroatoms. The highest BCUT2D eigenvalue weighted by Crippen LogP contribution is 2.22. The highest BCUT2D eigenvalue weighted by Gasteiger charge is 2.11. The average Bonchev–Trinajstić information content (AvgIpc) is 3.16. The lowest BCUT2D eigenvalue weighted by atomic mass is 10.1. The van der Waals surface area contributed by atoms with E-state index in [-0.39, 0.29) is 5.96 Å². The van der Waals surface area contributed by atoms with Crippen LogP contribution in [0.1, 0.15) is 22.5 Å². The van der Waals surface area contributed by atoms with Crippen molar-refractivity contribution in [1.29, 1.82) is 0 Å². The van der Waals surface area contributed by atoms with Gasteiger partial charge in [-0.15, -0.1) is 0 Å². The van der Waals surface area contributed by atoms with Gasteiger partial charge in [0, 0.05) is 45.7 Å². The quantitative estimate of drug-likeness (QED) is 0.230. The summed E-state index contributed by atoms with van der Waals surface area (Å²) in [6, 6.07) is 14.8. The number of hydrogen-bond donors (Lipinski definition) is 4. The number of nitrogens with zero attached hydrogens (tertiary/aromatic N) is 3. The first-order chi connectivity index (χ1) is 16.4. The predicted octanol–water partition coefficient (Wildman–Crippen LogP) is 5.37. The first kappa shape index (κ1) is 23.3. The van der Waals surface area contributed by atoms with Crippen molar-refractivity contribution in [3.63, 3.8) is 0 Å². The number of aryl methyl sites for hydroxylation is 3. The molecule has 0 aliphatic carbocycles. The molecule has 4 rings (SSSR count). The second kappa shape index (κ2) is 10.4. The molecule has 0 saturated carbocycles. The van der Waals surface area contributed by atoms with Crippen molar-refractivity contribution in [1.82, 2.24) is 20.3 Å². The number of anilines is 2. The van der Waals surface area contributed by atoms with Crippen molar-refractivity contribution < 1.29 is 4.79 Å². The number of fused-ring (bicyclic) bond motifs is 1. The van der Waals surface area contributed by atoms with Gasteiger partial charge in [0.05, 0.1) is 0 Å². The van der Waals surface area contributed by atoms with Crippen LogP contribution < -0.4 is 16.0 Å². The number of amides is 2. The van der Waals surface area contributed by atoms with Gasteiger partial charge in [0.2, 0.25) is 11.9 Å². The maximum Gasteiger partial charge on any atom is 0.326 e. The molecule has 0 aliphatic heterocycles. The lowest BCUT2D eigenvalue weighted by Crippen LogP contribution is -2.39. The molecule has 8 nitrogen and oxygen atoms in total. The number of benzene rings is 2. The van der Waals surface area contributed by atoms with E-state index in [0.717, 1.165) is 39.1 Å². The van der Waals surface area contributed by atoms with Gasteiger partial charge in [-0.25, -0.2) is 14.8 Å². The molecule has 2 amide bonds. The number of guanidine groups is 1. The number of rotatable bonds is 5. The van der Waals surface area contributed by atoms with Crippen LogP contribution in [-0.4, -0.2) is 33.5 Å². The summed E-state index contributed by atoms with van der Waals surface area (Å²) in [6.07, 6.45) is 2.61. The molecule has 0 bridgehead atoms. The third-order valence-electron chi connectivity index (χ3n) is 5.22. The van der Waals surface area contributed by atoms with Crippen molar-refractivity contribution in [2.45, 2.75) is 27.2 Å². The van der Waals surface area contributed by atoms with Crippen molar-refractivity contribution in [2.75, 3.05) is 17.2 Å². The number of urea groups is 1. The van der Waals surface area contributed by atoms with Gasteiger partial charge in [-0.3, -0.25) is 15.6 Å². The third kappa shape index (κ3) is 5.90. The Bertz CT molecular complexity index is 1340. The van der Waals surface area contributed by atoms with Crippen molar-refractivity contribution in [3.8, 4) is 0 Å². The summed E-state index contributed by atoms with van der Waals surface area (Å²) < 4.78 is 0. The van der Waals surface area contributed by atoms with Crippen LogP contribution >= 0.6 is 11.6 Å². The lowest BCUT2D eigenvalue weighted by Gasteiger charge is -2.13. The Morgan fingerprint density at radius 1 is 1.03 bits per heavy atom. The average molecular weight is 476 g/mol. The largest absolute Gasteiger partial charge is 0.361 e. The van der Waals surface area contributed by atoms with Gasteiger partial charge >= 0.3 is 6.03 Å². The number of aliphatic imine (C=N–C) groups is 1. The Hall–Kier alpha value is -3.91. The van der Waals surface area contributed by atoms with Gasteiger partial charge < -0.3 is 10.3 Å². The molecule has 0 unspecified atom stereocenters. The number of aromatic nitrogens is 3. The van der Waals surface area contributed by atoms with E-state index in [1.807, 2.05) is 75.5 Å². The molecule has 4 aromatic rings. The van der Waals surface area contributed by atoms with Crippen LogP contribution in [0.4, 0.5) is 16.4 Å². The number of carbonyl (C=O) groups is 1. The van der Waals surface area contributed by atoms with Crippen LogP contribution in [0.25, 0.3) is 10.9 Å². The summed E-state index contributed by atoms with van der Waals surface area (Å²) in [5.41, 5.74) is 5.41. The normalized spacial score (nSPS) is 11.5. The van der Waals surface area contributed by atoms with Crippen molar-refractivity contribution in [3.05, 3.63) is 82.3 Å². The molecule has 0 spiro atoms. The Morgan fingerprint density at radius 2 is 1.79 bits per heavy atom. The number of hydrogen-bond acceptors (Lipinski definition) is 4. The summed E-state index contributed by atoms with van der Waals surface area (Å²) in [5.74, 6) is 0.625. The molecule has 0 aliphatic rings. The van der Waals surface area contributed by atoms with Gasteiger partial charge in [-0.1, -0.05) is 29.8 Å². The van der Waals surface area contributed by atoms with Crippen LogP contribution in [0.2, 0.25) is 5.02 Å². The van der Waals surface area contributed by atoms with Crippen LogP contribution in [0, 0.1) is 20.8 Å². The number of nitrogens with one attached hydrogen (secondary N) is 4. The Balaban J connectivity index is 1.52. The molecule has 0 radical (unpaired) electrons. The van der Waals surface area contributed by atoms with E-state index in [1.54, 1.807) is 0 Å². The summed E-state index contributed by atoms with van der Waals surface area (Å²) >= 11 is 6.16. The van der Waals surface area contributed by atoms with Gasteiger partial charge in [-0.05, 0) is 68.7 Å². The van der Waals surface area contributed by atoms with Crippen LogP contribution in [0.5, 0.6) is 0 Å². The monoisotopic (exact) mass is 475 g/mol. The Labute approximate surface area is 202 Å². The van der Waals surface area contributed by atoms with Gasteiger partial charge in [0.25, 0.3) is 0 Å². The predicted molar refractivity (Wildman–Crippen MR) is 138 cm³/mol. The van der Waals surface area contributed by atoms with E-state index >= 15 is 0 Å². The van der Waals surface area contributed by atoms with E-state index in [2.05, 4.69) is 35.9 Å². The maximum absolute atomic E-state index is 12.7. The summed E-state index contributed by atoms with van der Waals surface area (Å²) in [6.45, 7) is 6.13. The fourth-order valence-corrected chi connectivity index (χ4v) is 3.79. The van der Waals surface area contributed by atoms with E-state index in [9.17, 15) is 4.79 Å². The highest BCUT2D eigenvalue weighted by atomic mass is 35.5. The third-order valence-corrected chi connectivity index (χ3v) is 5.45. The van der Waals surface area contributed by atoms with E-state index < -0.39 is 6.03 Å². The SMILES string of the molecule is Cc1cc(C)nc(NC(=NCCc2c[nH]c3ccc(Cl)cc23)NC(=O)Nc2ccccc2C)n1. The number of halogens is 1. The molecular weight excluding hydrogens is 450 g/mol. The molecule has 34 heavy (non-hydrogen) atoms. The second-order valence-corrected chi connectivity index (χ2v) is 8.41. The van der Waals surface area contributed by atoms with Crippen LogP contribution in [-0.2, 0) is 6.42 Å². The van der Waals surface area contributed by atoms with Crippen LogP contribution in [0.3, 0.4) is 0 Å². The number of aromatic amines is 1. The summed E-state index contributed by atoms with van der Waals surface area (Å²) in [4.78, 5) is 29.3. The highest BCUT2D eigenvalue weighted by molar-refractivity contribution is 6.31. The lowest BCUT2D eigenvalue weighted by molar-refractivity contribution is 0.256. The van der Waals surface area contributed by atoms with E-state index in [4.69, 9.17) is 11.6 Å². The minimum absolute atomic E-state index is 0.258. The van der Waals surface area contributed by atoms with Crippen molar-refractivity contribution in [2.24, 2.45) is 4.99 Å². The molecule has 0 atom stereocenters. The second-order valence-electron chi connectivity index (χ2n) is 7.98. The zero-order valence-electron chi connectivity index (χ0n) is 19.2. The topological polar surface area (TPSA) is 107 Å². The molecule has 4 N–H and O–H groups in total. The van der Waals surface area contributed by atoms with Crippen LogP contribution in [0.15, 0.2) is 59.7 Å². The molecule has 0 saturated heterocycles. The van der Waals surface area contributed by atoms with Gasteiger partial charge in [0.1, 0.15) is 0 Å². The zero-order valence-corrected chi connectivity index (χ0v) is 20.0. The minimum Gasteiger partial charge on any atom is -0.361 e. The van der Waals surface area contributed by atoms with Crippen molar-refractivity contribution >= 4 is 46.1 Å². The van der Waals surface area contributed by atoms with E-state index in [1.165, 1.54) is 0 Å². The first-order valence-corrected chi connectivity index (χ1v) is 11.3. The molecular formula is C25H26ClN7O. The fraction of sp³-hybridized carbons (Fsp3) is 0.200. The number of carbonyl (C=O) groups excluding carboxylic acids is 1.